The van der Waals surface area contributed by atoms with Crippen molar-refractivity contribution >= 4 is 0 Å². The van der Waals surface area contributed by atoms with Crippen LogP contribution in [0.5, 0.6) is 0 Å². The summed E-state index contributed by atoms with van der Waals surface area (Å²) < 4.78 is 1.85. The van der Waals surface area contributed by atoms with Crippen molar-refractivity contribution in [3.63, 3.8) is 0 Å². The number of aromatic nitrogens is 3. The van der Waals surface area contributed by atoms with Crippen molar-refractivity contribution in [3.05, 3.63) is 47.5 Å². The predicted molar refractivity (Wildman–Crippen MR) is 56.2 cm³/mol. The largest absolute Gasteiger partial charge is 0.388 e. The zero-order valence-electron chi connectivity index (χ0n) is 8.59. The van der Waals surface area contributed by atoms with Crippen molar-refractivity contribution in [3.8, 4) is 0 Å². The lowest BCUT2D eigenvalue weighted by Crippen LogP contribution is -2.05. The lowest BCUT2D eigenvalue weighted by Gasteiger charge is -2.07. The fourth-order valence-corrected chi connectivity index (χ4v) is 1.50. The van der Waals surface area contributed by atoms with Crippen LogP contribution in [0.15, 0.2) is 30.6 Å². The van der Waals surface area contributed by atoms with Gasteiger partial charge in [0, 0.05) is 0 Å². The Labute approximate surface area is 88.2 Å². The van der Waals surface area contributed by atoms with Gasteiger partial charge in [0.2, 0.25) is 0 Å². The summed E-state index contributed by atoms with van der Waals surface area (Å²) in [6.45, 7) is 2.69. The number of aliphatic hydroxyl groups is 1. The highest BCUT2D eigenvalue weighted by Gasteiger charge is 2.04. The molecule has 0 radical (unpaired) electrons. The van der Waals surface area contributed by atoms with Gasteiger partial charge in [-0.05, 0) is 18.1 Å². The van der Waals surface area contributed by atoms with Crippen LogP contribution in [0, 0.1) is 6.92 Å². The van der Waals surface area contributed by atoms with E-state index in [1.165, 1.54) is 11.1 Å². The van der Waals surface area contributed by atoms with Gasteiger partial charge in [-0.1, -0.05) is 24.3 Å². The van der Waals surface area contributed by atoms with Crippen LogP contribution in [0.1, 0.15) is 17.0 Å². The van der Waals surface area contributed by atoms with Crippen molar-refractivity contribution in [1.82, 2.24) is 14.8 Å². The lowest BCUT2D eigenvalue weighted by atomic mass is 10.1. The van der Waals surface area contributed by atoms with E-state index in [2.05, 4.69) is 29.3 Å². The van der Waals surface area contributed by atoms with E-state index in [1.54, 1.807) is 6.33 Å². The van der Waals surface area contributed by atoms with Crippen molar-refractivity contribution in [2.75, 3.05) is 0 Å². The number of benzene rings is 1. The predicted octanol–water partition coefficient (Wildman–Crippen LogP) is 1.13. The molecule has 2 rings (SSSR count). The van der Waals surface area contributed by atoms with Crippen molar-refractivity contribution < 1.29 is 5.11 Å². The van der Waals surface area contributed by atoms with Crippen molar-refractivity contribution in [2.45, 2.75) is 20.1 Å². The SMILES string of the molecule is Cc1ccccc1Cn1cnnc1CO. The Kier molecular flexibility index (Phi) is 2.78. The summed E-state index contributed by atoms with van der Waals surface area (Å²) in [5.41, 5.74) is 2.45. The zero-order chi connectivity index (χ0) is 10.7. The molecular formula is C11H13N3O. The average molecular weight is 203 g/mol. The fraction of sp³-hybridized carbons (Fsp3) is 0.273. The molecule has 0 spiro atoms. The van der Waals surface area contributed by atoms with E-state index in [9.17, 15) is 0 Å². The minimum absolute atomic E-state index is 0.0775. The summed E-state index contributed by atoms with van der Waals surface area (Å²) in [7, 11) is 0. The Hall–Kier alpha value is -1.68. The summed E-state index contributed by atoms with van der Waals surface area (Å²) in [4.78, 5) is 0. The number of aliphatic hydroxyl groups excluding tert-OH is 1. The zero-order valence-corrected chi connectivity index (χ0v) is 8.59. The van der Waals surface area contributed by atoms with Gasteiger partial charge in [0.15, 0.2) is 5.82 Å². The first kappa shape index (κ1) is 9.86. The molecule has 0 aliphatic rings. The van der Waals surface area contributed by atoms with E-state index in [4.69, 9.17) is 5.11 Å². The van der Waals surface area contributed by atoms with Gasteiger partial charge in [-0.3, -0.25) is 0 Å². The minimum atomic E-state index is -0.0775. The first-order chi connectivity index (χ1) is 7.31. The van der Waals surface area contributed by atoms with E-state index in [0.717, 1.165) is 0 Å². The highest BCUT2D eigenvalue weighted by molar-refractivity contribution is 5.25. The lowest BCUT2D eigenvalue weighted by molar-refractivity contribution is 0.265. The second kappa shape index (κ2) is 4.23. The summed E-state index contributed by atoms with van der Waals surface area (Å²) in [6.07, 6.45) is 1.64. The third-order valence-electron chi connectivity index (χ3n) is 2.44. The number of hydrogen-bond donors (Lipinski definition) is 1. The quantitative estimate of drug-likeness (QED) is 0.813. The molecule has 0 unspecified atom stereocenters. The van der Waals surface area contributed by atoms with E-state index in [0.29, 0.717) is 12.4 Å². The Morgan fingerprint density at radius 3 is 2.87 bits per heavy atom. The summed E-state index contributed by atoms with van der Waals surface area (Å²) in [5, 5.41) is 16.6. The molecule has 0 aliphatic heterocycles. The summed E-state index contributed by atoms with van der Waals surface area (Å²) >= 11 is 0. The van der Waals surface area contributed by atoms with E-state index in [1.807, 2.05) is 16.7 Å². The Balaban J connectivity index is 2.26. The molecule has 0 saturated heterocycles. The molecule has 0 amide bonds. The van der Waals surface area contributed by atoms with Crippen LogP contribution in [-0.4, -0.2) is 19.9 Å². The Morgan fingerprint density at radius 2 is 2.13 bits per heavy atom. The van der Waals surface area contributed by atoms with Gasteiger partial charge in [-0.15, -0.1) is 10.2 Å². The topological polar surface area (TPSA) is 50.9 Å². The van der Waals surface area contributed by atoms with Crippen LogP contribution < -0.4 is 0 Å². The molecule has 0 saturated carbocycles. The van der Waals surface area contributed by atoms with Crippen LogP contribution >= 0.6 is 0 Å². The van der Waals surface area contributed by atoms with Crippen LogP contribution in [0.3, 0.4) is 0 Å². The second-order valence-electron chi connectivity index (χ2n) is 3.46. The van der Waals surface area contributed by atoms with Crippen LogP contribution in [0.2, 0.25) is 0 Å². The molecule has 1 N–H and O–H groups in total. The molecule has 2 aromatic rings. The minimum Gasteiger partial charge on any atom is -0.388 e. The van der Waals surface area contributed by atoms with Crippen molar-refractivity contribution in [1.29, 1.82) is 0 Å². The summed E-state index contributed by atoms with van der Waals surface area (Å²) in [6, 6.07) is 8.15. The van der Waals surface area contributed by atoms with Gasteiger partial charge < -0.3 is 9.67 Å². The number of rotatable bonds is 3. The van der Waals surface area contributed by atoms with Gasteiger partial charge in [-0.25, -0.2) is 0 Å². The monoisotopic (exact) mass is 203 g/mol. The first-order valence-electron chi connectivity index (χ1n) is 4.83. The van der Waals surface area contributed by atoms with Crippen LogP contribution in [0.25, 0.3) is 0 Å². The first-order valence-corrected chi connectivity index (χ1v) is 4.83. The smallest absolute Gasteiger partial charge is 0.158 e. The van der Waals surface area contributed by atoms with Gasteiger partial charge >= 0.3 is 0 Å². The third-order valence-corrected chi connectivity index (χ3v) is 2.44. The van der Waals surface area contributed by atoms with Crippen molar-refractivity contribution in [2.24, 2.45) is 0 Å². The number of nitrogens with zero attached hydrogens (tertiary/aromatic N) is 3. The molecule has 1 heterocycles. The van der Waals surface area contributed by atoms with Gasteiger partial charge in [0.25, 0.3) is 0 Å². The van der Waals surface area contributed by atoms with E-state index in [-0.39, 0.29) is 6.61 Å². The maximum Gasteiger partial charge on any atom is 0.158 e. The standard InChI is InChI=1S/C11H13N3O/c1-9-4-2-3-5-10(9)6-14-8-12-13-11(14)7-15/h2-5,8,15H,6-7H2,1H3. The highest BCUT2D eigenvalue weighted by atomic mass is 16.3. The molecule has 1 aromatic heterocycles. The van der Waals surface area contributed by atoms with Crippen LogP contribution in [-0.2, 0) is 13.2 Å². The molecule has 0 bridgehead atoms. The molecule has 0 aliphatic carbocycles. The maximum absolute atomic E-state index is 9.03. The van der Waals surface area contributed by atoms with E-state index < -0.39 is 0 Å². The van der Waals surface area contributed by atoms with Gasteiger partial charge in [0.05, 0.1) is 6.54 Å². The highest BCUT2D eigenvalue weighted by Crippen LogP contribution is 2.09. The molecule has 15 heavy (non-hydrogen) atoms. The van der Waals surface area contributed by atoms with Gasteiger partial charge in [0.1, 0.15) is 12.9 Å². The molecule has 4 nitrogen and oxygen atoms in total. The fourth-order valence-electron chi connectivity index (χ4n) is 1.50. The molecule has 4 heteroatoms. The molecular weight excluding hydrogens is 190 g/mol. The maximum atomic E-state index is 9.03. The van der Waals surface area contributed by atoms with Crippen LogP contribution in [0.4, 0.5) is 0 Å². The molecule has 0 fully saturated rings. The Bertz CT molecular complexity index is 451. The summed E-state index contributed by atoms with van der Waals surface area (Å²) in [5.74, 6) is 0.596. The molecule has 1 aromatic carbocycles. The normalized spacial score (nSPS) is 10.5. The number of hydrogen-bond acceptors (Lipinski definition) is 3. The molecule has 78 valence electrons. The average Bonchev–Trinajstić information content (AvgIpc) is 2.69. The second-order valence-corrected chi connectivity index (χ2v) is 3.46. The third kappa shape index (κ3) is 2.05. The number of aryl methyl sites for hydroxylation is 1. The molecule has 0 atom stereocenters. The van der Waals surface area contributed by atoms with Gasteiger partial charge in [-0.2, -0.15) is 0 Å². The van der Waals surface area contributed by atoms with E-state index >= 15 is 0 Å². The Morgan fingerprint density at radius 1 is 1.33 bits per heavy atom.